The molecule has 0 unspecified atom stereocenters. The number of fused-ring (bicyclic) bond motifs is 1. The van der Waals surface area contributed by atoms with Gasteiger partial charge in [-0.1, -0.05) is 53.0 Å². The average Bonchev–Trinajstić information content (AvgIpc) is 2.38. The summed E-state index contributed by atoms with van der Waals surface area (Å²) in [5, 5.41) is 12.9. The van der Waals surface area contributed by atoms with Crippen LogP contribution in [-0.4, -0.2) is 6.61 Å². The predicted molar refractivity (Wildman–Crippen MR) is 79.4 cm³/mol. The zero-order valence-corrected chi connectivity index (χ0v) is 12.1. The van der Waals surface area contributed by atoms with E-state index in [1.807, 2.05) is 0 Å². The minimum atomic E-state index is 0.0743. The third kappa shape index (κ3) is 3.82. The molecule has 0 aliphatic carbocycles. The van der Waals surface area contributed by atoms with Gasteiger partial charge in [0, 0.05) is 4.47 Å². The first-order valence-electron chi connectivity index (χ1n) is 6.56. The Kier molecular flexibility index (Phi) is 5.21. The van der Waals surface area contributed by atoms with Gasteiger partial charge in [-0.15, -0.1) is 0 Å². The third-order valence-corrected chi connectivity index (χ3v) is 3.72. The normalized spacial score (nSPS) is 11.0. The quantitative estimate of drug-likeness (QED) is 0.659. The van der Waals surface area contributed by atoms with E-state index in [2.05, 4.69) is 52.3 Å². The second-order valence-electron chi connectivity index (χ2n) is 4.69. The van der Waals surface area contributed by atoms with Crippen molar-refractivity contribution in [1.82, 2.24) is 0 Å². The summed E-state index contributed by atoms with van der Waals surface area (Å²) in [6.45, 7) is 0.0743. The fourth-order valence-corrected chi connectivity index (χ4v) is 2.59. The minimum Gasteiger partial charge on any atom is -0.237 e. The molecular weight excluding hydrogens is 288 g/mol. The molecule has 2 heteroatoms. The standard InChI is InChI=1S/C16H18BrO/c17-16-9-8-14-11-13(6-7-15(14)12-16)5-3-1-2-4-10-18/h6-9,11-12H,1-5,10H2. The molecule has 1 nitrogen and oxygen atoms in total. The summed E-state index contributed by atoms with van der Waals surface area (Å²) >= 11 is 3.49. The fourth-order valence-electron chi connectivity index (χ4n) is 2.21. The molecule has 0 aromatic heterocycles. The molecular formula is C16H18BrO. The molecule has 2 rings (SSSR count). The van der Waals surface area contributed by atoms with Gasteiger partial charge < -0.3 is 0 Å². The number of aryl methyl sites for hydroxylation is 1. The van der Waals surface area contributed by atoms with Gasteiger partial charge in [-0.3, -0.25) is 0 Å². The van der Waals surface area contributed by atoms with Crippen LogP contribution in [0.25, 0.3) is 10.8 Å². The van der Waals surface area contributed by atoms with E-state index >= 15 is 0 Å². The molecule has 0 amide bonds. The highest BCUT2D eigenvalue weighted by Crippen LogP contribution is 2.21. The number of halogens is 1. The highest BCUT2D eigenvalue weighted by molar-refractivity contribution is 9.10. The van der Waals surface area contributed by atoms with Crippen molar-refractivity contribution >= 4 is 26.7 Å². The van der Waals surface area contributed by atoms with Crippen LogP contribution in [0.1, 0.15) is 31.2 Å². The number of benzene rings is 2. The van der Waals surface area contributed by atoms with Crippen LogP contribution >= 0.6 is 15.9 Å². The van der Waals surface area contributed by atoms with Crippen LogP contribution in [-0.2, 0) is 11.5 Å². The van der Waals surface area contributed by atoms with Gasteiger partial charge in [0.25, 0.3) is 0 Å². The van der Waals surface area contributed by atoms with Gasteiger partial charge in [-0.05, 0) is 47.7 Å². The Morgan fingerprint density at radius 1 is 0.833 bits per heavy atom. The smallest absolute Gasteiger partial charge is 0.0822 e. The highest BCUT2D eigenvalue weighted by Gasteiger charge is 1.98. The molecule has 2 aromatic carbocycles. The van der Waals surface area contributed by atoms with Crippen LogP contribution in [0.3, 0.4) is 0 Å². The van der Waals surface area contributed by atoms with Crippen molar-refractivity contribution in [2.45, 2.75) is 32.1 Å². The summed E-state index contributed by atoms with van der Waals surface area (Å²) < 4.78 is 1.13. The van der Waals surface area contributed by atoms with Crippen LogP contribution < -0.4 is 0 Å². The molecule has 0 N–H and O–H groups in total. The van der Waals surface area contributed by atoms with Gasteiger partial charge in [0.05, 0.1) is 6.61 Å². The molecule has 0 aliphatic heterocycles. The summed E-state index contributed by atoms with van der Waals surface area (Å²) in [6.07, 6.45) is 5.36. The summed E-state index contributed by atoms with van der Waals surface area (Å²) in [5.74, 6) is 0. The molecule has 0 heterocycles. The highest BCUT2D eigenvalue weighted by atomic mass is 79.9. The zero-order chi connectivity index (χ0) is 12.8. The molecule has 0 spiro atoms. The van der Waals surface area contributed by atoms with Gasteiger partial charge in [0.15, 0.2) is 0 Å². The first-order valence-corrected chi connectivity index (χ1v) is 7.35. The van der Waals surface area contributed by atoms with E-state index in [-0.39, 0.29) is 6.61 Å². The first kappa shape index (κ1) is 13.6. The Morgan fingerprint density at radius 3 is 2.39 bits per heavy atom. The number of rotatable bonds is 6. The minimum absolute atomic E-state index is 0.0743. The van der Waals surface area contributed by atoms with E-state index in [1.165, 1.54) is 29.2 Å². The van der Waals surface area contributed by atoms with Crippen LogP contribution in [0.2, 0.25) is 0 Å². The van der Waals surface area contributed by atoms with Crippen LogP contribution in [0.15, 0.2) is 40.9 Å². The molecule has 18 heavy (non-hydrogen) atoms. The van der Waals surface area contributed by atoms with Gasteiger partial charge in [-0.25, -0.2) is 5.11 Å². The second-order valence-corrected chi connectivity index (χ2v) is 5.61. The first-order chi connectivity index (χ1) is 8.79. The fraction of sp³-hybridized carbons (Fsp3) is 0.375. The Morgan fingerprint density at radius 2 is 1.56 bits per heavy atom. The average molecular weight is 306 g/mol. The van der Waals surface area contributed by atoms with Crippen molar-refractivity contribution in [1.29, 1.82) is 0 Å². The molecule has 1 radical (unpaired) electrons. The molecule has 0 saturated heterocycles. The Labute approximate surface area is 117 Å². The monoisotopic (exact) mass is 305 g/mol. The molecule has 2 aromatic rings. The zero-order valence-electron chi connectivity index (χ0n) is 10.5. The molecule has 0 bridgehead atoms. The predicted octanol–water partition coefficient (Wildman–Crippen LogP) is 5.14. The molecule has 95 valence electrons. The Bertz CT molecular complexity index is 507. The van der Waals surface area contributed by atoms with Crippen molar-refractivity contribution in [3.05, 3.63) is 46.4 Å². The van der Waals surface area contributed by atoms with Gasteiger partial charge >= 0.3 is 0 Å². The molecule has 0 saturated carbocycles. The van der Waals surface area contributed by atoms with E-state index in [9.17, 15) is 5.11 Å². The summed E-state index contributed by atoms with van der Waals surface area (Å²) in [5.41, 5.74) is 1.40. The van der Waals surface area contributed by atoms with Gasteiger partial charge in [0.2, 0.25) is 0 Å². The van der Waals surface area contributed by atoms with E-state index in [4.69, 9.17) is 0 Å². The number of hydrogen-bond donors (Lipinski definition) is 0. The Balaban J connectivity index is 1.95. The maximum absolute atomic E-state index is 10.3. The lowest BCUT2D eigenvalue weighted by Crippen LogP contribution is -1.87. The molecule has 0 aliphatic rings. The van der Waals surface area contributed by atoms with Crippen LogP contribution in [0, 0.1) is 0 Å². The lowest BCUT2D eigenvalue weighted by molar-refractivity contribution is 0.186. The summed E-state index contributed by atoms with van der Waals surface area (Å²) in [7, 11) is 0. The van der Waals surface area contributed by atoms with E-state index < -0.39 is 0 Å². The van der Waals surface area contributed by atoms with Crippen molar-refractivity contribution in [3.63, 3.8) is 0 Å². The third-order valence-electron chi connectivity index (χ3n) is 3.23. The van der Waals surface area contributed by atoms with E-state index in [0.29, 0.717) is 0 Å². The van der Waals surface area contributed by atoms with Crippen LogP contribution in [0.5, 0.6) is 0 Å². The maximum atomic E-state index is 10.3. The van der Waals surface area contributed by atoms with Crippen molar-refractivity contribution in [2.24, 2.45) is 0 Å². The second kappa shape index (κ2) is 6.91. The largest absolute Gasteiger partial charge is 0.237 e. The van der Waals surface area contributed by atoms with Crippen molar-refractivity contribution < 1.29 is 5.11 Å². The summed E-state index contributed by atoms with van der Waals surface area (Å²) in [6, 6.07) is 13.1. The number of unbranched alkanes of at least 4 members (excludes halogenated alkanes) is 3. The maximum Gasteiger partial charge on any atom is 0.0822 e. The van der Waals surface area contributed by atoms with Gasteiger partial charge in [-0.2, -0.15) is 0 Å². The van der Waals surface area contributed by atoms with Crippen molar-refractivity contribution in [3.8, 4) is 0 Å². The lowest BCUT2D eigenvalue weighted by atomic mass is 10.0. The Hall–Kier alpha value is -0.860. The van der Waals surface area contributed by atoms with Gasteiger partial charge in [0.1, 0.15) is 0 Å². The number of hydrogen-bond acceptors (Lipinski definition) is 0. The SMILES string of the molecule is [O]CCCCCCc1ccc2cc(Br)ccc2c1. The molecule has 0 atom stereocenters. The van der Waals surface area contributed by atoms with Crippen molar-refractivity contribution in [2.75, 3.05) is 6.61 Å². The van der Waals surface area contributed by atoms with Crippen LogP contribution in [0.4, 0.5) is 0 Å². The molecule has 0 fully saturated rings. The van der Waals surface area contributed by atoms with E-state index in [1.54, 1.807) is 0 Å². The topological polar surface area (TPSA) is 19.9 Å². The van der Waals surface area contributed by atoms with E-state index in [0.717, 1.165) is 23.7 Å². The summed E-state index contributed by atoms with van der Waals surface area (Å²) in [4.78, 5) is 0. The lowest BCUT2D eigenvalue weighted by Gasteiger charge is -2.04.